The third-order valence-corrected chi connectivity index (χ3v) is 4.69. The van der Waals surface area contributed by atoms with Crippen LogP contribution in [-0.4, -0.2) is 23.8 Å². The van der Waals surface area contributed by atoms with Crippen LogP contribution in [-0.2, 0) is 0 Å². The standard InChI is InChI=1S/C16H13BrN6/c1-20-8-13-11(6-19)14(12-7-21-23-16(12)22-13)10-4-2-3-9(5-18)15(10)17/h2-4,7,14,20H,8H2,1H3,(H2,21,22,23). The normalized spacial score (nSPS) is 16.3. The lowest BCUT2D eigenvalue weighted by Crippen LogP contribution is -2.24. The zero-order valence-electron chi connectivity index (χ0n) is 12.3. The lowest BCUT2D eigenvalue weighted by Gasteiger charge is -2.27. The maximum atomic E-state index is 9.71. The van der Waals surface area contributed by atoms with Crippen LogP contribution in [0.2, 0.25) is 0 Å². The summed E-state index contributed by atoms with van der Waals surface area (Å²) in [4.78, 5) is 0. The molecule has 1 aromatic carbocycles. The number of fused-ring (bicyclic) bond motifs is 1. The summed E-state index contributed by atoms with van der Waals surface area (Å²) in [5, 5.41) is 32.3. The first-order valence-electron chi connectivity index (χ1n) is 6.97. The van der Waals surface area contributed by atoms with Gasteiger partial charge in [-0.3, -0.25) is 5.10 Å². The molecule has 0 amide bonds. The summed E-state index contributed by atoms with van der Waals surface area (Å²) in [5.41, 5.74) is 3.71. The number of nitrogens with zero attached hydrogens (tertiary/aromatic N) is 3. The molecule has 3 rings (SSSR count). The second-order valence-corrected chi connectivity index (χ2v) is 5.91. The number of benzene rings is 1. The van der Waals surface area contributed by atoms with E-state index in [1.54, 1.807) is 12.3 Å². The number of rotatable bonds is 3. The molecule has 1 atom stereocenters. The molecule has 6 nitrogen and oxygen atoms in total. The van der Waals surface area contributed by atoms with Gasteiger partial charge >= 0.3 is 0 Å². The highest BCUT2D eigenvalue weighted by Crippen LogP contribution is 2.43. The molecule has 0 fully saturated rings. The number of H-pyrrole nitrogens is 1. The summed E-state index contributed by atoms with van der Waals surface area (Å²) < 4.78 is 0.707. The summed E-state index contributed by atoms with van der Waals surface area (Å²) in [5.74, 6) is 0.495. The number of aromatic amines is 1. The molecule has 3 N–H and O–H groups in total. The summed E-state index contributed by atoms with van der Waals surface area (Å²) in [6.45, 7) is 0.535. The van der Waals surface area contributed by atoms with Crippen molar-refractivity contribution >= 4 is 21.7 Å². The van der Waals surface area contributed by atoms with Crippen molar-refractivity contribution in [1.29, 1.82) is 10.5 Å². The van der Waals surface area contributed by atoms with Crippen LogP contribution in [0.1, 0.15) is 22.6 Å². The Morgan fingerprint density at radius 2 is 2.13 bits per heavy atom. The number of allylic oxidation sites excluding steroid dienone is 1. The fourth-order valence-electron chi connectivity index (χ4n) is 2.79. The number of anilines is 1. The molecule has 1 aromatic heterocycles. The van der Waals surface area contributed by atoms with E-state index in [9.17, 15) is 10.5 Å². The third-order valence-electron chi connectivity index (χ3n) is 3.80. The first kappa shape index (κ1) is 15.3. The highest BCUT2D eigenvalue weighted by molar-refractivity contribution is 9.10. The van der Waals surface area contributed by atoms with E-state index in [1.165, 1.54) is 0 Å². The second kappa shape index (κ2) is 6.25. The van der Waals surface area contributed by atoms with E-state index in [4.69, 9.17) is 0 Å². The first-order valence-corrected chi connectivity index (χ1v) is 7.77. The molecule has 0 bridgehead atoms. The van der Waals surface area contributed by atoms with Crippen LogP contribution in [0.4, 0.5) is 5.82 Å². The third kappa shape index (κ3) is 2.50. The van der Waals surface area contributed by atoms with Crippen molar-refractivity contribution < 1.29 is 0 Å². The minimum atomic E-state index is -0.277. The van der Waals surface area contributed by atoms with Crippen LogP contribution in [0.25, 0.3) is 0 Å². The predicted octanol–water partition coefficient (Wildman–Crippen LogP) is 2.60. The van der Waals surface area contributed by atoms with Crippen molar-refractivity contribution in [2.75, 3.05) is 18.9 Å². The number of aromatic nitrogens is 2. The van der Waals surface area contributed by atoms with Crippen LogP contribution in [0.3, 0.4) is 0 Å². The van der Waals surface area contributed by atoms with Gasteiger partial charge in [-0.2, -0.15) is 15.6 Å². The van der Waals surface area contributed by atoms with E-state index in [2.05, 4.69) is 48.9 Å². The Morgan fingerprint density at radius 1 is 1.30 bits per heavy atom. The number of nitrogens with one attached hydrogen (secondary N) is 3. The van der Waals surface area contributed by atoms with Crippen molar-refractivity contribution in [2.45, 2.75) is 5.92 Å². The molecule has 0 spiro atoms. The smallest absolute Gasteiger partial charge is 0.129 e. The number of nitriles is 2. The van der Waals surface area contributed by atoms with E-state index in [0.29, 0.717) is 22.2 Å². The van der Waals surface area contributed by atoms with E-state index < -0.39 is 0 Å². The van der Waals surface area contributed by atoms with Crippen molar-refractivity contribution in [2.24, 2.45) is 0 Å². The number of hydrogen-bond acceptors (Lipinski definition) is 5. The summed E-state index contributed by atoms with van der Waals surface area (Å²) in [6.07, 6.45) is 1.71. The molecule has 0 radical (unpaired) electrons. The van der Waals surface area contributed by atoms with Gasteiger partial charge < -0.3 is 10.6 Å². The van der Waals surface area contributed by atoms with Crippen LogP contribution >= 0.6 is 15.9 Å². The molecule has 7 heteroatoms. The molecule has 1 unspecified atom stereocenters. The number of halogens is 1. The lowest BCUT2D eigenvalue weighted by atomic mass is 9.83. The first-order chi connectivity index (χ1) is 11.2. The van der Waals surface area contributed by atoms with E-state index in [1.807, 2.05) is 19.2 Å². The van der Waals surface area contributed by atoms with Gasteiger partial charge in [-0.15, -0.1) is 0 Å². The minimum Gasteiger partial charge on any atom is -0.342 e. The molecule has 23 heavy (non-hydrogen) atoms. The quantitative estimate of drug-likeness (QED) is 0.772. The van der Waals surface area contributed by atoms with Gasteiger partial charge in [0.2, 0.25) is 0 Å². The molecule has 0 aliphatic carbocycles. The van der Waals surface area contributed by atoms with Crippen LogP contribution in [0, 0.1) is 22.7 Å². The average molecular weight is 369 g/mol. The molecule has 0 saturated heterocycles. The lowest BCUT2D eigenvalue weighted by molar-refractivity contribution is 0.837. The van der Waals surface area contributed by atoms with Gasteiger partial charge in [-0.25, -0.2) is 0 Å². The van der Waals surface area contributed by atoms with Gasteiger partial charge in [-0.1, -0.05) is 12.1 Å². The Balaban J connectivity index is 2.24. The molecule has 1 aliphatic rings. The van der Waals surface area contributed by atoms with Gasteiger partial charge in [0, 0.05) is 22.3 Å². The fourth-order valence-corrected chi connectivity index (χ4v) is 3.37. The molecular formula is C16H13BrN6. The van der Waals surface area contributed by atoms with Gasteiger partial charge in [0.15, 0.2) is 0 Å². The van der Waals surface area contributed by atoms with E-state index in [0.717, 1.165) is 22.6 Å². The average Bonchev–Trinajstić information content (AvgIpc) is 3.02. The van der Waals surface area contributed by atoms with Crippen molar-refractivity contribution in [3.63, 3.8) is 0 Å². The summed E-state index contributed by atoms with van der Waals surface area (Å²) in [6, 6.07) is 9.97. The Hall–Kier alpha value is -2.61. The monoisotopic (exact) mass is 368 g/mol. The predicted molar refractivity (Wildman–Crippen MR) is 89.5 cm³/mol. The largest absolute Gasteiger partial charge is 0.342 e. The second-order valence-electron chi connectivity index (χ2n) is 5.11. The fraction of sp³-hybridized carbons (Fsp3) is 0.188. The molecule has 2 aromatic rings. The summed E-state index contributed by atoms with van der Waals surface area (Å²) in [7, 11) is 1.83. The van der Waals surface area contributed by atoms with Crippen molar-refractivity contribution in [1.82, 2.24) is 15.5 Å². The maximum absolute atomic E-state index is 9.71. The minimum absolute atomic E-state index is 0.277. The van der Waals surface area contributed by atoms with Crippen molar-refractivity contribution in [3.05, 3.63) is 56.8 Å². The van der Waals surface area contributed by atoms with Crippen molar-refractivity contribution in [3.8, 4) is 12.1 Å². The Morgan fingerprint density at radius 3 is 2.83 bits per heavy atom. The van der Waals surface area contributed by atoms with E-state index in [-0.39, 0.29) is 5.92 Å². The molecular weight excluding hydrogens is 356 g/mol. The summed E-state index contributed by atoms with van der Waals surface area (Å²) >= 11 is 3.51. The highest BCUT2D eigenvalue weighted by Gasteiger charge is 2.32. The number of hydrogen-bond donors (Lipinski definition) is 3. The molecule has 114 valence electrons. The van der Waals surface area contributed by atoms with Crippen LogP contribution in [0.5, 0.6) is 0 Å². The Kier molecular flexibility index (Phi) is 4.16. The molecule has 1 aliphatic heterocycles. The Labute approximate surface area is 141 Å². The topological polar surface area (TPSA) is 100 Å². The van der Waals surface area contributed by atoms with Gasteiger partial charge in [0.25, 0.3) is 0 Å². The zero-order valence-corrected chi connectivity index (χ0v) is 13.9. The van der Waals surface area contributed by atoms with Gasteiger partial charge in [0.05, 0.1) is 29.3 Å². The van der Waals surface area contributed by atoms with Gasteiger partial charge in [-0.05, 0) is 34.6 Å². The number of likely N-dealkylation sites (N-methyl/N-ethyl adjacent to an activating group) is 1. The molecule has 2 heterocycles. The maximum Gasteiger partial charge on any atom is 0.129 e. The van der Waals surface area contributed by atoms with Crippen LogP contribution < -0.4 is 10.6 Å². The zero-order chi connectivity index (χ0) is 16.4. The SMILES string of the molecule is CNCC1=C(C#N)C(c2cccc(C#N)c2Br)c2cn[nH]c2N1. The highest BCUT2D eigenvalue weighted by atomic mass is 79.9. The van der Waals surface area contributed by atoms with E-state index >= 15 is 0 Å². The van der Waals surface area contributed by atoms with Gasteiger partial charge in [0.1, 0.15) is 11.9 Å². The Bertz CT molecular complexity index is 867. The van der Waals surface area contributed by atoms with Crippen LogP contribution in [0.15, 0.2) is 40.1 Å². The molecule has 0 saturated carbocycles.